The fourth-order valence-corrected chi connectivity index (χ4v) is 2.69. The van der Waals surface area contributed by atoms with Crippen molar-refractivity contribution in [2.75, 3.05) is 13.7 Å². The van der Waals surface area contributed by atoms with Gasteiger partial charge in [-0.05, 0) is 42.3 Å². The van der Waals surface area contributed by atoms with Crippen LogP contribution in [-0.2, 0) is 4.79 Å². The molecule has 1 aliphatic rings. The summed E-state index contributed by atoms with van der Waals surface area (Å²) >= 11 is 0. The second kappa shape index (κ2) is 5.74. The van der Waals surface area contributed by atoms with Crippen molar-refractivity contribution in [2.45, 2.75) is 18.9 Å². The van der Waals surface area contributed by atoms with Crippen molar-refractivity contribution < 1.29 is 9.53 Å². The van der Waals surface area contributed by atoms with Crippen molar-refractivity contribution in [3.8, 4) is 5.75 Å². The molecule has 0 aromatic heterocycles. The van der Waals surface area contributed by atoms with Gasteiger partial charge in [-0.25, -0.2) is 0 Å². The van der Waals surface area contributed by atoms with Crippen molar-refractivity contribution in [1.29, 1.82) is 0 Å². The Bertz CT molecular complexity index is 665. The normalized spacial score (nSPS) is 15.9. The summed E-state index contributed by atoms with van der Waals surface area (Å²) in [6.07, 6.45) is 2.48. The maximum atomic E-state index is 11.9. The molecule has 1 saturated carbocycles. The molecule has 1 atom stereocenters. The van der Waals surface area contributed by atoms with Crippen LogP contribution in [0.3, 0.4) is 0 Å². The minimum atomic E-state index is -0.457. The molecule has 2 aromatic carbocycles. The number of nitrogens with one attached hydrogen (secondary N) is 1. The second-order valence-corrected chi connectivity index (χ2v) is 5.59. The van der Waals surface area contributed by atoms with E-state index >= 15 is 0 Å². The Labute approximate surface area is 124 Å². The molecule has 21 heavy (non-hydrogen) atoms. The topological polar surface area (TPSA) is 64.3 Å². The number of ether oxygens (including phenoxy) is 1. The van der Waals surface area contributed by atoms with E-state index in [9.17, 15) is 4.79 Å². The van der Waals surface area contributed by atoms with E-state index in [1.54, 1.807) is 7.11 Å². The summed E-state index contributed by atoms with van der Waals surface area (Å²) in [6, 6.07) is 11.3. The summed E-state index contributed by atoms with van der Waals surface area (Å²) < 4.78 is 5.39. The van der Waals surface area contributed by atoms with E-state index in [1.807, 2.05) is 36.4 Å². The molecule has 1 fully saturated rings. The number of carbonyl (C=O) groups excluding carboxylic acids is 1. The third-order valence-corrected chi connectivity index (χ3v) is 4.04. The van der Waals surface area contributed by atoms with Gasteiger partial charge in [0.05, 0.1) is 7.11 Å². The average molecular weight is 284 g/mol. The number of benzene rings is 2. The van der Waals surface area contributed by atoms with Gasteiger partial charge in [-0.15, -0.1) is 0 Å². The molecule has 110 valence electrons. The van der Waals surface area contributed by atoms with Gasteiger partial charge in [-0.1, -0.05) is 30.3 Å². The molecule has 0 aliphatic heterocycles. The lowest BCUT2D eigenvalue weighted by Crippen LogP contribution is -2.34. The molecule has 3 rings (SSSR count). The molecule has 1 unspecified atom stereocenters. The molecule has 0 radical (unpaired) electrons. The van der Waals surface area contributed by atoms with Crippen molar-refractivity contribution >= 4 is 16.7 Å². The Morgan fingerprint density at radius 2 is 2.00 bits per heavy atom. The van der Waals surface area contributed by atoms with Crippen LogP contribution in [0.2, 0.25) is 0 Å². The Balaban J connectivity index is 2.02. The first-order valence-electron chi connectivity index (χ1n) is 7.29. The van der Waals surface area contributed by atoms with Crippen molar-refractivity contribution in [3.63, 3.8) is 0 Å². The summed E-state index contributed by atoms with van der Waals surface area (Å²) in [7, 11) is 1.65. The monoisotopic (exact) mass is 284 g/mol. The molecule has 1 aliphatic carbocycles. The van der Waals surface area contributed by atoms with E-state index in [4.69, 9.17) is 10.5 Å². The molecule has 4 heteroatoms. The molecular weight excluding hydrogens is 264 g/mol. The van der Waals surface area contributed by atoms with E-state index in [-0.39, 0.29) is 5.91 Å². The van der Waals surface area contributed by atoms with E-state index < -0.39 is 6.04 Å². The first-order chi connectivity index (χ1) is 10.2. The van der Waals surface area contributed by atoms with E-state index in [1.165, 1.54) is 12.8 Å². The van der Waals surface area contributed by atoms with Gasteiger partial charge in [0.1, 0.15) is 11.8 Å². The average Bonchev–Trinajstić information content (AvgIpc) is 3.31. The van der Waals surface area contributed by atoms with Gasteiger partial charge in [0.15, 0.2) is 0 Å². The highest BCUT2D eigenvalue weighted by atomic mass is 16.5. The minimum absolute atomic E-state index is 0.342. The van der Waals surface area contributed by atoms with Crippen molar-refractivity contribution in [1.82, 2.24) is 5.32 Å². The van der Waals surface area contributed by atoms with Gasteiger partial charge in [0.2, 0.25) is 5.91 Å². The molecule has 0 saturated heterocycles. The maximum absolute atomic E-state index is 11.9. The van der Waals surface area contributed by atoms with Gasteiger partial charge in [0.25, 0.3) is 0 Å². The number of hydrogen-bond donors (Lipinski definition) is 2. The minimum Gasteiger partial charge on any atom is -0.496 e. The summed E-state index contributed by atoms with van der Waals surface area (Å²) in [4.78, 5) is 11.9. The van der Waals surface area contributed by atoms with Crippen LogP contribution in [0.25, 0.3) is 10.8 Å². The SMILES string of the molecule is COc1ccc(C(NCC2CC2)C(N)=O)c2ccccc12. The van der Waals surface area contributed by atoms with Crippen LogP contribution in [0.5, 0.6) is 5.75 Å². The quantitative estimate of drug-likeness (QED) is 0.856. The zero-order chi connectivity index (χ0) is 14.8. The van der Waals surface area contributed by atoms with E-state index in [0.29, 0.717) is 5.92 Å². The fraction of sp³-hybridized carbons (Fsp3) is 0.353. The van der Waals surface area contributed by atoms with Gasteiger partial charge in [-0.3, -0.25) is 4.79 Å². The molecule has 4 nitrogen and oxygen atoms in total. The molecule has 0 heterocycles. The van der Waals surface area contributed by atoms with Gasteiger partial charge in [-0.2, -0.15) is 0 Å². The zero-order valence-electron chi connectivity index (χ0n) is 12.1. The zero-order valence-corrected chi connectivity index (χ0v) is 12.1. The standard InChI is InChI=1S/C17H20N2O2/c1-21-15-9-8-14(12-4-2-3-5-13(12)15)16(17(18)20)19-10-11-6-7-11/h2-5,8-9,11,16,19H,6-7,10H2,1H3,(H2,18,20). The van der Waals surface area contributed by atoms with Crippen molar-refractivity contribution in [2.24, 2.45) is 11.7 Å². The van der Waals surface area contributed by atoms with Crippen LogP contribution in [0, 0.1) is 5.92 Å². The smallest absolute Gasteiger partial charge is 0.239 e. The summed E-state index contributed by atoms with van der Waals surface area (Å²) in [5.41, 5.74) is 6.52. The molecule has 2 aromatic rings. The lowest BCUT2D eigenvalue weighted by atomic mass is 9.97. The lowest BCUT2D eigenvalue weighted by Gasteiger charge is -2.19. The Morgan fingerprint density at radius 1 is 1.29 bits per heavy atom. The number of primary amides is 1. The van der Waals surface area contributed by atoms with Crippen LogP contribution < -0.4 is 15.8 Å². The number of amides is 1. The Morgan fingerprint density at radius 3 is 2.62 bits per heavy atom. The Kier molecular flexibility index (Phi) is 3.80. The lowest BCUT2D eigenvalue weighted by molar-refractivity contribution is -0.120. The Hall–Kier alpha value is -2.07. The molecule has 0 spiro atoms. The molecule has 0 bridgehead atoms. The van der Waals surface area contributed by atoms with Crippen LogP contribution >= 0.6 is 0 Å². The number of methoxy groups -OCH3 is 1. The number of rotatable bonds is 6. The molecular formula is C17H20N2O2. The third-order valence-electron chi connectivity index (χ3n) is 4.04. The number of hydrogen-bond acceptors (Lipinski definition) is 3. The first kappa shape index (κ1) is 13.9. The fourth-order valence-electron chi connectivity index (χ4n) is 2.69. The predicted octanol–water partition coefficient (Wildman–Crippen LogP) is 2.37. The van der Waals surface area contributed by atoms with Crippen LogP contribution in [0.15, 0.2) is 36.4 Å². The van der Waals surface area contributed by atoms with E-state index in [2.05, 4.69) is 5.32 Å². The third kappa shape index (κ3) is 2.85. The summed E-state index contributed by atoms with van der Waals surface area (Å²) in [5, 5.41) is 5.31. The van der Waals surface area contributed by atoms with Crippen LogP contribution in [0.4, 0.5) is 0 Å². The largest absolute Gasteiger partial charge is 0.496 e. The molecule has 1 amide bonds. The van der Waals surface area contributed by atoms with Gasteiger partial charge < -0.3 is 15.8 Å². The highest BCUT2D eigenvalue weighted by molar-refractivity contribution is 5.95. The summed E-state index contributed by atoms with van der Waals surface area (Å²) in [5.74, 6) is 1.15. The van der Waals surface area contributed by atoms with Crippen LogP contribution in [0.1, 0.15) is 24.4 Å². The predicted molar refractivity (Wildman–Crippen MR) is 83.2 cm³/mol. The maximum Gasteiger partial charge on any atom is 0.239 e. The highest BCUT2D eigenvalue weighted by Gasteiger charge is 2.26. The van der Waals surface area contributed by atoms with Gasteiger partial charge >= 0.3 is 0 Å². The van der Waals surface area contributed by atoms with Crippen LogP contribution in [-0.4, -0.2) is 19.6 Å². The summed E-state index contributed by atoms with van der Waals surface area (Å²) in [6.45, 7) is 0.841. The molecule has 3 N–H and O–H groups in total. The van der Waals surface area contributed by atoms with Crippen molar-refractivity contribution in [3.05, 3.63) is 42.0 Å². The van der Waals surface area contributed by atoms with E-state index in [0.717, 1.165) is 28.6 Å². The second-order valence-electron chi connectivity index (χ2n) is 5.59. The number of carbonyl (C=O) groups is 1. The first-order valence-corrected chi connectivity index (χ1v) is 7.29. The highest BCUT2D eigenvalue weighted by Crippen LogP contribution is 2.33. The number of fused-ring (bicyclic) bond motifs is 1. The van der Waals surface area contributed by atoms with Gasteiger partial charge in [0, 0.05) is 5.39 Å². The number of nitrogens with two attached hydrogens (primary N) is 1.